The third-order valence-corrected chi connectivity index (χ3v) is 2.29. The number of hydrogen-bond acceptors (Lipinski definition) is 1. The zero-order valence-corrected chi connectivity index (χ0v) is 7.98. The second-order valence-electron chi connectivity index (χ2n) is 3.33. The lowest BCUT2D eigenvalue weighted by Crippen LogP contribution is -2.01. The summed E-state index contributed by atoms with van der Waals surface area (Å²) >= 11 is 0. The maximum absolute atomic E-state index is 5.28. The van der Waals surface area contributed by atoms with Crippen molar-refractivity contribution in [2.24, 2.45) is 5.92 Å². The SMILES string of the molecule is C#CC1=C(C(CCC)CCC)N1. The van der Waals surface area contributed by atoms with Crippen LogP contribution in [-0.2, 0) is 0 Å². The molecule has 1 heteroatoms. The summed E-state index contributed by atoms with van der Waals surface area (Å²) in [7, 11) is 0. The Labute approximate surface area is 75.2 Å². The van der Waals surface area contributed by atoms with E-state index in [1.165, 1.54) is 31.4 Å². The van der Waals surface area contributed by atoms with Crippen molar-refractivity contribution in [3.63, 3.8) is 0 Å². The number of hydrogen-bond donors (Lipinski definition) is 1. The third-order valence-electron chi connectivity index (χ3n) is 2.29. The van der Waals surface area contributed by atoms with Crippen LogP contribution in [0.2, 0.25) is 0 Å². The third kappa shape index (κ3) is 2.04. The molecule has 66 valence electrons. The van der Waals surface area contributed by atoms with Gasteiger partial charge in [0.05, 0.1) is 5.70 Å². The minimum atomic E-state index is 0.700. The molecule has 0 amide bonds. The van der Waals surface area contributed by atoms with E-state index in [0.29, 0.717) is 5.92 Å². The molecule has 0 fully saturated rings. The Kier molecular flexibility index (Phi) is 3.22. The Morgan fingerprint density at radius 2 is 1.92 bits per heavy atom. The van der Waals surface area contributed by atoms with Crippen LogP contribution in [0.25, 0.3) is 0 Å². The van der Waals surface area contributed by atoms with Gasteiger partial charge in [0, 0.05) is 5.92 Å². The van der Waals surface area contributed by atoms with Gasteiger partial charge in [-0.05, 0) is 12.8 Å². The molecule has 1 heterocycles. The lowest BCUT2D eigenvalue weighted by Gasteiger charge is -2.08. The first-order chi connectivity index (χ1) is 5.83. The largest absolute Gasteiger partial charge is 0.348 e. The van der Waals surface area contributed by atoms with Crippen molar-refractivity contribution in [3.05, 3.63) is 11.4 Å². The molecular formula is C11H17N. The fourth-order valence-corrected chi connectivity index (χ4v) is 1.65. The van der Waals surface area contributed by atoms with E-state index in [0.717, 1.165) is 5.70 Å². The van der Waals surface area contributed by atoms with Crippen molar-refractivity contribution >= 4 is 0 Å². The lowest BCUT2D eigenvalue weighted by atomic mass is 9.97. The fourth-order valence-electron chi connectivity index (χ4n) is 1.65. The number of nitrogens with one attached hydrogen (secondary N) is 1. The fraction of sp³-hybridized carbons (Fsp3) is 0.636. The summed E-state index contributed by atoms with van der Waals surface area (Å²) in [5.41, 5.74) is 2.38. The molecule has 0 radical (unpaired) electrons. The molecule has 0 atom stereocenters. The van der Waals surface area contributed by atoms with Crippen molar-refractivity contribution in [1.29, 1.82) is 0 Å². The Morgan fingerprint density at radius 3 is 2.25 bits per heavy atom. The van der Waals surface area contributed by atoms with Gasteiger partial charge in [0.25, 0.3) is 0 Å². The van der Waals surface area contributed by atoms with Gasteiger partial charge >= 0.3 is 0 Å². The Hall–Kier alpha value is -0.900. The van der Waals surface area contributed by atoms with Crippen LogP contribution in [0, 0.1) is 18.3 Å². The minimum absolute atomic E-state index is 0.700. The van der Waals surface area contributed by atoms with Gasteiger partial charge < -0.3 is 5.32 Å². The van der Waals surface area contributed by atoms with Gasteiger partial charge in [0.15, 0.2) is 0 Å². The molecule has 1 aliphatic rings. The van der Waals surface area contributed by atoms with E-state index in [9.17, 15) is 0 Å². The average Bonchev–Trinajstić information content (AvgIpc) is 2.83. The van der Waals surface area contributed by atoms with Crippen LogP contribution >= 0.6 is 0 Å². The van der Waals surface area contributed by atoms with E-state index in [1.807, 2.05) is 0 Å². The molecule has 1 N–H and O–H groups in total. The van der Waals surface area contributed by atoms with Gasteiger partial charge in [-0.2, -0.15) is 0 Å². The first-order valence-electron chi connectivity index (χ1n) is 4.81. The predicted molar refractivity (Wildman–Crippen MR) is 52.3 cm³/mol. The Bertz CT molecular complexity index is 214. The molecule has 0 saturated carbocycles. The zero-order chi connectivity index (χ0) is 8.97. The number of rotatable bonds is 5. The molecule has 0 spiro atoms. The second kappa shape index (κ2) is 4.21. The van der Waals surface area contributed by atoms with E-state index in [4.69, 9.17) is 6.42 Å². The summed E-state index contributed by atoms with van der Waals surface area (Å²) < 4.78 is 0. The standard InChI is InChI=1S/C11H17N/c1-4-7-9(8-5-2)11-10(6-3)12-11/h3,9,12H,4-5,7-8H2,1-2H3. The van der Waals surface area contributed by atoms with E-state index in [-0.39, 0.29) is 0 Å². The molecule has 0 bridgehead atoms. The summed E-state index contributed by atoms with van der Waals surface area (Å²) in [6.07, 6.45) is 10.3. The first kappa shape index (κ1) is 9.19. The van der Waals surface area contributed by atoms with Crippen LogP contribution < -0.4 is 5.32 Å². The van der Waals surface area contributed by atoms with Gasteiger partial charge in [-0.3, -0.25) is 0 Å². The van der Waals surface area contributed by atoms with Crippen LogP contribution in [-0.4, -0.2) is 0 Å². The highest BCUT2D eigenvalue weighted by Gasteiger charge is 2.26. The van der Waals surface area contributed by atoms with Crippen molar-refractivity contribution in [1.82, 2.24) is 5.32 Å². The van der Waals surface area contributed by atoms with Crippen LogP contribution in [0.1, 0.15) is 39.5 Å². The van der Waals surface area contributed by atoms with Crippen LogP contribution in [0.4, 0.5) is 0 Å². The molecule has 0 unspecified atom stereocenters. The molecular weight excluding hydrogens is 146 g/mol. The molecule has 0 aromatic rings. The quantitative estimate of drug-likeness (QED) is 0.618. The second-order valence-corrected chi connectivity index (χ2v) is 3.33. The number of terminal acetylenes is 1. The zero-order valence-electron chi connectivity index (χ0n) is 7.98. The van der Waals surface area contributed by atoms with Crippen molar-refractivity contribution in [3.8, 4) is 12.3 Å². The van der Waals surface area contributed by atoms with Gasteiger partial charge in [-0.1, -0.05) is 32.6 Å². The topological polar surface area (TPSA) is 21.9 Å². The summed E-state index contributed by atoms with van der Waals surface area (Å²) in [5.74, 6) is 3.35. The molecule has 0 aromatic heterocycles. The van der Waals surface area contributed by atoms with E-state index in [1.54, 1.807) is 0 Å². The summed E-state index contributed by atoms with van der Waals surface area (Å²) in [6.45, 7) is 4.45. The van der Waals surface area contributed by atoms with Gasteiger partial charge in [-0.25, -0.2) is 0 Å². The smallest absolute Gasteiger partial charge is 0.109 e. The first-order valence-corrected chi connectivity index (χ1v) is 4.81. The number of allylic oxidation sites excluding steroid dienone is 2. The van der Waals surface area contributed by atoms with Gasteiger partial charge in [0.1, 0.15) is 5.70 Å². The Morgan fingerprint density at radius 1 is 1.33 bits per heavy atom. The molecule has 0 saturated heterocycles. The van der Waals surface area contributed by atoms with E-state index in [2.05, 4.69) is 25.1 Å². The summed E-state index contributed by atoms with van der Waals surface area (Å²) in [4.78, 5) is 0. The van der Waals surface area contributed by atoms with Crippen LogP contribution in [0.5, 0.6) is 0 Å². The van der Waals surface area contributed by atoms with Crippen molar-refractivity contribution in [2.45, 2.75) is 39.5 Å². The molecule has 1 rings (SSSR count). The highest BCUT2D eigenvalue weighted by molar-refractivity contribution is 5.44. The van der Waals surface area contributed by atoms with Crippen LogP contribution in [0.15, 0.2) is 11.4 Å². The highest BCUT2D eigenvalue weighted by Crippen LogP contribution is 2.30. The predicted octanol–water partition coefficient (Wildman–Crippen LogP) is 2.65. The summed E-state index contributed by atoms with van der Waals surface area (Å²) in [5, 5.41) is 3.19. The van der Waals surface area contributed by atoms with Crippen molar-refractivity contribution in [2.75, 3.05) is 0 Å². The van der Waals surface area contributed by atoms with E-state index < -0.39 is 0 Å². The molecule has 1 aliphatic heterocycles. The maximum atomic E-state index is 5.28. The van der Waals surface area contributed by atoms with Crippen molar-refractivity contribution < 1.29 is 0 Å². The molecule has 0 aromatic carbocycles. The minimum Gasteiger partial charge on any atom is -0.348 e. The molecule has 1 nitrogen and oxygen atoms in total. The van der Waals surface area contributed by atoms with E-state index >= 15 is 0 Å². The highest BCUT2D eigenvalue weighted by atomic mass is 15.0. The monoisotopic (exact) mass is 163 g/mol. The average molecular weight is 163 g/mol. The normalized spacial score (nSPS) is 14.5. The van der Waals surface area contributed by atoms with Gasteiger partial charge in [-0.15, -0.1) is 6.42 Å². The molecule has 0 aliphatic carbocycles. The summed E-state index contributed by atoms with van der Waals surface area (Å²) in [6, 6.07) is 0. The Balaban J connectivity index is 2.45. The van der Waals surface area contributed by atoms with Gasteiger partial charge in [0.2, 0.25) is 0 Å². The van der Waals surface area contributed by atoms with Crippen LogP contribution in [0.3, 0.4) is 0 Å². The maximum Gasteiger partial charge on any atom is 0.109 e. The lowest BCUT2D eigenvalue weighted by molar-refractivity contribution is 0.509. The molecule has 12 heavy (non-hydrogen) atoms.